The van der Waals surface area contributed by atoms with Crippen LogP contribution in [0.5, 0.6) is 0 Å². The largest absolute Gasteiger partial charge is 0.372 e. The van der Waals surface area contributed by atoms with E-state index in [4.69, 9.17) is 0 Å². The van der Waals surface area contributed by atoms with Crippen molar-refractivity contribution < 1.29 is 18.4 Å². The standard InChI is InChI=1S/C23H25F2N3O2/c24-16-13-17(25)15-20(14-16)28-12-9-21(23(28)30)22(29)26-18-5-7-19(8-6-18)27-10-3-1-2-4-11-27/h5-8,13-15,21H,1-4,9-12H2,(H,26,29). The molecule has 0 aromatic heterocycles. The number of carbonyl (C=O) groups is 2. The van der Waals surface area contributed by atoms with E-state index in [9.17, 15) is 18.4 Å². The normalized spacial score (nSPS) is 19.7. The van der Waals surface area contributed by atoms with E-state index in [-0.39, 0.29) is 12.2 Å². The van der Waals surface area contributed by atoms with Crippen molar-refractivity contribution in [3.63, 3.8) is 0 Å². The van der Waals surface area contributed by atoms with Gasteiger partial charge in [0, 0.05) is 42.8 Å². The van der Waals surface area contributed by atoms with E-state index in [1.807, 2.05) is 24.3 Å². The second-order valence-electron chi connectivity index (χ2n) is 7.90. The van der Waals surface area contributed by atoms with Crippen LogP contribution in [0.3, 0.4) is 0 Å². The van der Waals surface area contributed by atoms with Crippen LogP contribution in [0.1, 0.15) is 32.1 Å². The summed E-state index contributed by atoms with van der Waals surface area (Å²) in [6.45, 7) is 2.32. The first-order valence-electron chi connectivity index (χ1n) is 10.4. The quantitative estimate of drug-likeness (QED) is 0.759. The van der Waals surface area contributed by atoms with E-state index in [2.05, 4.69) is 10.2 Å². The van der Waals surface area contributed by atoms with Gasteiger partial charge in [0.25, 0.3) is 0 Å². The number of hydrogen-bond acceptors (Lipinski definition) is 3. The van der Waals surface area contributed by atoms with Gasteiger partial charge in [-0.05, 0) is 55.7 Å². The summed E-state index contributed by atoms with van der Waals surface area (Å²) in [5.74, 6) is -3.23. The second kappa shape index (κ2) is 8.81. The minimum absolute atomic E-state index is 0.134. The van der Waals surface area contributed by atoms with Crippen molar-refractivity contribution in [1.82, 2.24) is 0 Å². The lowest BCUT2D eigenvalue weighted by Crippen LogP contribution is -2.33. The summed E-state index contributed by atoms with van der Waals surface area (Å²) in [5, 5.41) is 2.80. The predicted molar refractivity (Wildman–Crippen MR) is 113 cm³/mol. The van der Waals surface area contributed by atoms with Gasteiger partial charge >= 0.3 is 0 Å². The van der Waals surface area contributed by atoms with Gasteiger partial charge in [0.1, 0.15) is 17.6 Å². The number of carbonyl (C=O) groups excluding carboxylic acids is 2. The molecular weight excluding hydrogens is 388 g/mol. The molecule has 0 bridgehead atoms. The number of anilines is 3. The fraction of sp³-hybridized carbons (Fsp3) is 0.391. The molecule has 2 heterocycles. The Hall–Kier alpha value is -2.96. The molecule has 30 heavy (non-hydrogen) atoms. The van der Waals surface area contributed by atoms with Crippen molar-refractivity contribution in [2.45, 2.75) is 32.1 Å². The van der Waals surface area contributed by atoms with E-state index >= 15 is 0 Å². The monoisotopic (exact) mass is 413 g/mol. The number of nitrogens with zero attached hydrogens (tertiary/aromatic N) is 2. The third-order valence-corrected chi connectivity index (χ3v) is 5.79. The minimum Gasteiger partial charge on any atom is -0.372 e. The van der Waals surface area contributed by atoms with Crippen LogP contribution in [-0.4, -0.2) is 31.4 Å². The average Bonchev–Trinajstić information content (AvgIpc) is 2.92. The van der Waals surface area contributed by atoms with Gasteiger partial charge in [-0.25, -0.2) is 8.78 Å². The molecule has 2 aromatic rings. The maximum Gasteiger partial charge on any atom is 0.239 e. The van der Waals surface area contributed by atoms with Crippen LogP contribution in [0.4, 0.5) is 25.8 Å². The highest BCUT2D eigenvalue weighted by Crippen LogP contribution is 2.28. The molecule has 2 fully saturated rings. The maximum atomic E-state index is 13.5. The zero-order chi connectivity index (χ0) is 21.1. The number of halogens is 2. The SMILES string of the molecule is O=C(Nc1ccc(N2CCCCCC2)cc1)C1CCN(c2cc(F)cc(F)c2)C1=O. The summed E-state index contributed by atoms with van der Waals surface area (Å²) in [6.07, 6.45) is 5.20. The molecule has 0 radical (unpaired) electrons. The Bertz CT molecular complexity index is 904. The summed E-state index contributed by atoms with van der Waals surface area (Å²) in [7, 11) is 0. The molecule has 7 heteroatoms. The molecule has 2 amide bonds. The van der Waals surface area contributed by atoms with Crippen molar-refractivity contribution in [3.8, 4) is 0 Å². The van der Waals surface area contributed by atoms with Gasteiger partial charge in [0.2, 0.25) is 11.8 Å². The highest BCUT2D eigenvalue weighted by Gasteiger charge is 2.38. The molecule has 1 atom stereocenters. The number of rotatable bonds is 4. The lowest BCUT2D eigenvalue weighted by Gasteiger charge is -2.23. The van der Waals surface area contributed by atoms with Crippen molar-refractivity contribution in [1.29, 1.82) is 0 Å². The Labute approximate surface area is 174 Å². The van der Waals surface area contributed by atoms with Gasteiger partial charge in [0.15, 0.2) is 0 Å². The third-order valence-electron chi connectivity index (χ3n) is 5.79. The van der Waals surface area contributed by atoms with Crippen LogP contribution in [0.2, 0.25) is 0 Å². The van der Waals surface area contributed by atoms with Crippen molar-refractivity contribution >= 4 is 28.9 Å². The molecule has 0 saturated carbocycles. The summed E-state index contributed by atoms with van der Waals surface area (Å²) in [4.78, 5) is 28.9. The van der Waals surface area contributed by atoms with E-state index in [0.717, 1.165) is 37.0 Å². The van der Waals surface area contributed by atoms with Crippen LogP contribution >= 0.6 is 0 Å². The molecule has 2 aromatic carbocycles. The highest BCUT2D eigenvalue weighted by molar-refractivity contribution is 6.13. The molecule has 4 rings (SSSR count). The first kappa shape index (κ1) is 20.3. The lowest BCUT2D eigenvalue weighted by atomic mass is 10.1. The van der Waals surface area contributed by atoms with E-state index < -0.39 is 29.4 Å². The van der Waals surface area contributed by atoms with Crippen molar-refractivity contribution in [2.75, 3.05) is 34.8 Å². The van der Waals surface area contributed by atoms with E-state index in [1.54, 1.807) is 0 Å². The van der Waals surface area contributed by atoms with Crippen LogP contribution in [0.25, 0.3) is 0 Å². The summed E-state index contributed by atoms with van der Waals surface area (Å²) in [6, 6.07) is 10.6. The molecule has 2 aliphatic heterocycles. The van der Waals surface area contributed by atoms with E-state index in [0.29, 0.717) is 12.1 Å². The van der Waals surface area contributed by atoms with Gasteiger partial charge < -0.3 is 15.1 Å². The Morgan fingerprint density at radius 2 is 1.50 bits per heavy atom. The Morgan fingerprint density at radius 3 is 2.13 bits per heavy atom. The van der Waals surface area contributed by atoms with Gasteiger partial charge in [-0.1, -0.05) is 12.8 Å². The smallest absolute Gasteiger partial charge is 0.239 e. The minimum atomic E-state index is -0.874. The van der Waals surface area contributed by atoms with Crippen molar-refractivity contribution in [3.05, 3.63) is 54.1 Å². The van der Waals surface area contributed by atoms with Gasteiger partial charge in [0.05, 0.1) is 0 Å². The fourth-order valence-electron chi connectivity index (χ4n) is 4.19. The summed E-state index contributed by atoms with van der Waals surface area (Å²) < 4.78 is 27.0. The molecule has 2 saturated heterocycles. The van der Waals surface area contributed by atoms with Crippen LogP contribution in [0, 0.1) is 17.6 Å². The second-order valence-corrected chi connectivity index (χ2v) is 7.90. The molecule has 158 valence electrons. The van der Waals surface area contributed by atoms with E-state index in [1.165, 1.54) is 30.6 Å². The van der Waals surface area contributed by atoms with Crippen LogP contribution < -0.4 is 15.1 Å². The average molecular weight is 413 g/mol. The maximum absolute atomic E-state index is 13.5. The fourth-order valence-corrected chi connectivity index (χ4v) is 4.19. The van der Waals surface area contributed by atoms with Crippen LogP contribution in [-0.2, 0) is 9.59 Å². The highest BCUT2D eigenvalue weighted by atomic mass is 19.1. The van der Waals surface area contributed by atoms with Gasteiger partial charge in [-0.15, -0.1) is 0 Å². The Balaban J connectivity index is 1.39. The first-order chi connectivity index (χ1) is 14.5. The summed E-state index contributed by atoms with van der Waals surface area (Å²) in [5.41, 5.74) is 1.89. The predicted octanol–water partition coefficient (Wildman–Crippen LogP) is 4.34. The zero-order valence-corrected chi connectivity index (χ0v) is 16.7. The first-order valence-corrected chi connectivity index (χ1v) is 10.4. The van der Waals surface area contributed by atoms with Crippen molar-refractivity contribution in [2.24, 2.45) is 5.92 Å². The zero-order valence-electron chi connectivity index (χ0n) is 16.7. The van der Waals surface area contributed by atoms with Crippen LogP contribution in [0.15, 0.2) is 42.5 Å². The molecule has 2 aliphatic rings. The Kier molecular flexibility index (Phi) is 5.97. The molecule has 1 unspecified atom stereocenters. The van der Waals surface area contributed by atoms with Gasteiger partial charge in [-0.3, -0.25) is 9.59 Å². The molecule has 1 N–H and O–H groups in total. The number of benzene rings is 2. The number of amides is 2. The topological polar surface area (TPSA) is 52.7 Å². The number of nitrogens with one attached hydrogen (secondary N) is 1. The molecule has 0 aliphatic carbocycles. The molecule has 5 nitrogen and oxygen atoms in total. The summed E-state index contributed by atoms with van der Waals surface area (Å²) >= 11 is 0. The molecule has 0 spiro atoms. The number of hydrogen-bond donors (Lipinski definition) is 1. The molecular formula is C23H25F2N3O2. The van der Waals surface area contributed by atoms with Gasteiger partial charge in [-0.2, -0.15) is 0 Å². The third kappa shape index (κ3) is 4.45. The lowest BCUT2D eigenvalue weighted by molar-refractivity contribution is -0.129. The Morgan fingerprint density at radius 1 is 0.867 bits per heavy atom.